The minimum atomic E-state index is 0.428. The van der Waals surface area contributed by atoms with Crippen molar-refractivity contribution in [2.24, 2.45) is 0 Å². The fraction of sp³-hybridized carbons (Fsp3) is 0.200. The topological polar surface area (TPSA) is 51.8 Å². The van der Waals surface area contributed by atoms with Crippen molar-refractivity contribution in [1.29, 1.82) is 0 Å². The minimum absolute atomic E-state index is 0.428. The number of anilines is 1. The van der Waals surface area contributed by atoms with Crippen molar-refractivity contribution < 1.29 is 0 Å². The summed E-state index contributed by atoms with van der Waals surface area (Å²) in [6.07, 6.45) is 5.97. The van der Waals surface area contributed by atoms with E-state index in [4.69, 9.17) is 5.73 Å². The maximum Gasteiger partial charge on any atom is 0.180 e. The molecule has 0 spiro atoms. The number of thiazole rings is 1. The highest BCUT2D eigenvalue weighted by molar-refractivity contribution is 7.15. The van der Waals surface area contributed by atoms with Crippen molar-refractivity contribution in [3.8, 4) is 0 Å². The lowest BCUT2D eigenvalue weighted by molar-refractivity contribution is 0.796. The van der Waals surface area contributed by atoms with Gasteiger partial charge in [0.25, 0.3) is 0 Å². The van der Waals surface area contributed by atoms with E-state index in [9.17, 15) is 0 Å². The third-order valence-corrected chi connectivity index (χ3v) is 4.86. The van der Waals surface area contributed by atoms with Gasteiger partial charge in [0.1, 0.15) is 0 Å². The molecule has 0 saturated heterocycles. The molecule has 94 valence electrons. The van der Waals surface area contributed by atoms with Crippen LogP contribution in [0.5, 0.6) is 0 Å². The second kappa shape index (κ2) is 4.03. The van der Waals surface area contributed by atoms with Gasteiger partial charge in [-0.25, -0.2) is 4.98 Å². The molecular formula is C15H13N3S. The quantitative estimate of drug-likeness (QED) is 0.735. The Bertz CT molecular complexity index is 758. The highest BCUT2D eigenvalue weighted by Crippen LogP contribution is 2.43. The summed E-state index contributed by atoms with van der Waals surface area (Å²) < 4.78 is 0. The summed E-state index contributed by atoms with van der Waals surface area (Å²) in [5.41, 5.74) is 8.38. The Morgan fingerprint density at radius 3 is 3.16 bits per heavy atom. The summed E-state index contributed by atoms with van der Waals surface area (Å²) >= 11 is 1.63. The number of pyridine rings is 1. The lowest BCUT2D eigenvalue weighted by Crippen LogP contribution is -1.96. The Balaban J connectivity index is 1.92. The Hall–Kier alpha value is -1.94. The number of aromatic nitrogens is 2. The van der Waals surface area contributed by atoms with E-state index in [2.05, 4.69) is 34.2 Å². The van der Waals surface area contributed by atoms with Crippen molar-refractivity contribution >= 4 is 27.2 Å². The van der Waals surface area contributed by atoms with E-state index in [1.165, 1.54) is 26.9 Å². The van der Waals surface area contributed by atoms with Crippen molar-refractivity contribution in [2.75, 3.05) is 5.73 Å². The summed E-state index contributed by atoms with van der Waals surface area (Å²) in [7, 11) is 0. The molecule has 0 saturated carbocycles. The molecule has 1 atom stereocenters. The van der Waals surface area contributed by atoms with Crippen molar-refractivity contribution in [3.05, 3.63) is 52.8 Å². The Labute approximate surface area is 115 Å². The maximum absolute atomic E-state index is 5.84. The lowest BCUT2D eigenvalue weighted by Gasteiger charge is -2.12. The van der Waals surface area contributed by atoms with Crippen LogP contribution in [0.25, 0.3) is 10.8 Å². The molecule has 0 fully saturated rings. The van der Waals surface area contributed by atoms with Crippen LogP contribution in [0, 0.1) is 0 Å². The molecule has 0 radical (unpaired) electrons. The first kappa shape index (κ1) is 10.9. The van der Waals surface area contributed by atoms with Crippen LogP contribution >= 0.6 is 11.3 Å². The zero-order valence-corrected chi connectivity index (χ0v) is 11.2. The summed E-state index contributed by atoms with van der Waals surface area (Å²) in [6.45, 7) is 0. The van der Waals surface area contributed by atoms with Gasteiger partial charge in [0.05, 0.1) is 5.69 Å². The number of hydrogen-bond donors (Lipinski definition) is 1. The molecule has 3 aromatic rings. The number of benzene rings is 1. The number of fused-ring (bicyclic) bond motifs is 2. The molecule has 0 aliphatic heterocycles. The zero-order valence-electron chi connectivity index (χ0n) is 10.3. The number of nitrogens with zero attached hydrogens (tertiary/aromatic N) is 2. The fourth-order valence-corrected chi connectivity index (χ4v) is 4.02. The van der Waals surface area contributed by atoms with Gasteiger partial charge in [-0.05, 0) is 29.9 Å². The molecule has 4 heteroatoms. The average molecular weight is 267 g/mol. The third-order valence-electron chi connectivity index (χ3n) is 3.82. The van der Waals surface area contributed by atoms with Gasteiger partial charge in [-0.2, -0.15) is 0 Å². The summed E-state index contributed by atoms with van der Waals surface area (Å²) in [5.74, 6) is 0.428. The van der Waals surface area contributed by atoms with E-state index in [0.717, 1.165) is 12.8 Å². The summed E-state index contributed by atoms with van der Waals surface area (Å²) in [5, 5.41) is 3.18. The molecule has 3 nitrogen and oxygen atoms in total. The van der Waals surface area contributed by atoms with E-state index < -0.39 is 0 Å². The van der Waals surface area contributed by atoms with Gasteiger partial charge in [0.2, 0.25) is 0 Å². The second-order valence-electron chi connectivity index (χ2n) is 4.90. The van der Waals surface area contributed by atoms with E-state index in [0.29, 0.717) is 11.0 Å². The van der Waals surface area contributed by atoms with E-state index in [1.807, 2.05) is 12.4 Å². The van der Waals surface area contributed by atoms with Gasteiger partial charge in [-0.3, -0.25) is 4.98 Å². The van der Waals surface area contributed by atoms with Gasteiger partial charge in [0, 0.05) is 28.6 Å². The Morgan fingerprint density at radius 1 is 1.26 bits per heavy atom. The molecule has 1 unspecified atom stereocenters. The van der Waals surface area contributed by atoms with Gasteiger partial charge in [-0.1, -0.05) is 18.2 Å². The van der Waals surface area contributed by atoms with Crippen molar-refractivity contribution in [2.45, 2.75) is 18.8 Å². The van der Waals surface area contributed by atoms with Crippen molar-refractivity contribution in [1.82, 2.24) is 9.97 Å². The van der Waals surface area contributed by atoms with Crippen molar-refractivity contribution in [3.63, 3.8) is 0 Å². The first-order valence-electron chi connectivity index (χ1n) is 6.40. The van der Waals surface area contributed by atoms with E-state index >= 15 is 0 Å². The highest BCUT2D eigenvalue weighted by Gasteiger charge is 2.28. The Morgan fingerprint density at radius 2 is 2.21 bits per heavy atom. The van der Waals surface area contributed by atoms with Crippen LogP contribution in [0.15, 0.2) is 36.7 Å². The molecule has 19 heavy (non-hydrogen) atoms. The van der Waals surface area contributed by atoms with Gasteiger partial charge >= 0.3 is 0 Å². The monoisotopic (exact) mass is 267 g/mol. The van der Waals surface area contributed by atoms with Crippen LogP contribution in [-0.4, -0.2) is 9.97 Å². The maximum atomic E-state index is 5.84. The largest absolute Gasteiger partial charge is 0.375 e. The predicted molar refractivity (Wildman–Crippen MR) is 78.4 cm³/mol. The van der Waals surface area contributed by atoms with Gasteiger partial charge in [-0.15, -0.1) is 11.3 Å². The molecule has 4 rings (SSSR count). The zero-order chi connectivity index (χ0) is 12.8. The average Bonchev–Trinajstić information content (AvgIpc) is 2.97. The molecule has 0 bridgehead atoms. The molecule has 1 aliphatic rings. The normalized spacial score (nSPS) is 17.8. The van der Waals surface area contributed by atoms with Crippen LogP contribution in [0.4, 0.5) is 5.13 Å². The SMILES string of the molecule is Nc1nc2c(s1)C(c1cccc3ccncc13)CC2. The fourth-order valence-electron chi connectivity index (χ4n) is 2.98. The molecule has 0 amide bonds. The molecule has 1 aromatic carbocycles. The molecular weight excluding hydrogens is 254 g/mol. The second-order valence-corrected chi connectivity index (χ2v) is 5.96. The van der Waals surface area contributed by atoms with Crippen LogP contribution in [0.3, 0.4) is 0 Å². The first-order valence-corrected chi connectivity index (χ1v) is 7.22. The first-order chi connectivity index (χ1) is 9.33. The molecule has 2 heterocycles. The van der Waals surface area contributed by atoms with E-state index in [1.54, 1.807) is 11.3 Å². The van der Waals surface area contributed by atoms with E-state index in [-0.39, 0.29) is 0 Å². The third kappa shape index (κ3) is 1.64. The summed E-state index contributed by atoms with van der Waals surface area (Å²) in [4.78, 5) is 10.0. The van der Waals surface area contributed by atoms with Crippen LogP contribution in [0.2, 0.25) is 0 Å². The standard InChI is InChI=1S/C15H13N3S/c16-15-18-13-5-4-11(14(13)19-15)10-3-1-2-9-6-7-17-8-12(9)10/h1-3,6-8,11H,4-5H2,(H2,16,18). The number of hydrogen-bond acceptors (Lipinski definition) is 4. The number of aryl methyl sites for hydroxylation is 1. The van der Waals surface area contributed by atoms with Gasteiger partial charge in [0.15, 0.2) is 5.13 Å². The highest BCUT2D eigenvalue weighted by atomic mass is 32.1. The molecule has 2 N–H and O–H groups in total. The van der Waals surface area contributed by atoms with Gasteiger partial charge < -0.3 is 5.73 Å². The predicted octanol–water partition coefficient (Wildman–Crippen LogP) is 3.35. The molecule has 2 aromatic heterocycles. The lowest BCUT2D eigenvalue weighted by atomic mass is 9.94. The van der Waals surface area contributed by atoms with Crippen LogP contribution in [-0.2, 0) is 6.42 Å². The summed E-state index contributed by atoms with van der Waals surface area (Å²) in [6, 6.07) is 8.53. The van der Waals surface area contributed by atoms with Crippen LogP contribution < -0.4 is 5.73 Å². The number of rotatable bonds is 1. The smallest absolute Gasteiger partial charge is 0.180 e. The number of nitrogens with two attached hydrogens (primary N) is 1. The number of nitrogen functional groups attached to an aromatic ring is 1. The Kier molecular flexibility index (Phi) is 2.32. The molecule has 1 aliphatic carbocycles. The van der Waals surface area contributed by atoms with Crippen LogP contribution in [0.1, 0.15) is 28.5 Å². The minimum Gasteiger partial charge on any atom is -0.375 e.